The summed E-state index contributed by atoms with van der Waals surface area (Å²) in [6, 6.07) is 5.50. The molecular formula is C19H26N2O3. The molecule has 1 aliphatic heterocycles. The number of nitrogens with zero attached hydrogens (tertiary/aromatic N) is 2. The summed E-state index contributed by atoms with van der Waals surface area (Å²) in [6.07, 6.45) is 3.19. The molecule has 0 aliphatic carbocycles. The number of hydrogen-bond donors (Lipinski definition) is 1. The van der Waals surface area contributed by atoms with Crippen LogP contribution in [-0.2, 0) is 4.79 Å². The predicted molar refractivity (Wildman–Crippen MR) is 96.4 cm³/mol. The van der Waals surface area contributed by atoms with E-state index in [4.69, 9.17) is 4.74 Å². The van der Waals surface area contributed by atoms with E-state index in [1.807, 2.05) is 30.4 Å². The lowest BCUT2D eigenvalue weighted by molar-refractivity contribution is -0.125. The molecule has 0 saturated carbocycles. The van der Waals surface area contributed by atoms with Gasteiger partial charge in [0.1, 0.15) is 5.75 Å². The Morgan fingerprint density at radius 1 is 1.38 bits per heavy atom. The molecule has 0 aromatic heterocycles. The van der Waals surface area contributed by atoms with E-state index in [0.717, 1.165) is 25.2 Å². The van der Waals surface area contributed by atoms with Gasteiger partial charge in [0.15, 0.2) is 6.10 Å². The van der Waals surface area contributed by atoms with Gasteiger partial charge in [-0.3, -0.25) is 9.69 Å². The Hall–Kier alpha value is -2.11. The predicted octanol–water partition coefficient (Wildman–Crippen LogP) is 2.53. The molecule has 5 nitrogen and oxygen atoms in total. The van der Waals surface area contributed by atoms with Gasteiger partial charge >= 0.3 is 0 Å². The lowest BCUT2D eigenvalue weighted by atomic mass is 10.0. The van der Waals surface area contributed by atoms with Gasteiger partial charge in [0.2, 0.25) is 0 Å². The number of rotatable bonds is 8. The average molecular weight is 330 g/mol. The van der Waals surface area contributed by atoms with Crippen LogP contribution in [0.5, 0.6) is 5.75 Å². The first-order chi connectivity index (χ1) is 11.5. The quantitative estimate of drug-likeness (QED) is 0.744. The van der Waals surface area contributed by atoms with Crippen LogP contribution in [0, 0.1) is 0 Å². The highest BCUT2D eigenvalue weighted by molar-refractivity contribution is 5.99. The molecule has 1 amide bonds. The number of anilines is 1. The van der Waals surface area contributed by atoms with Crippen molar-refractivity contribution in [3.8, 4) is 5.75 Å². The van der Waals surface area contributed by atoms with Gasteiger partial charge in [-0.15, -0.1) is 13.2 Å². The van der Waals surface area contributed by atoms with Crippen molar-refractivity contribution in [2.45, 2.75) is 25.6 Å². The molecule has 5 heteroatoms. The minimum absolute atomic E-state index is 0.0859. The molecule has 1 N–H and O–H groups in total. The van der Waals surface area contributed by atoms with Gasteiger partial charge in [0.25, 0.3) is 5.91 Å². The molecule has 1 aliphatic rings. The highest BCUT2D eigenvalue weighted by Crippen LogP contribution is 2.35. The smallest absolute Gasteiger partial charge is 0.267 e. The maximum atomic E-state index is 12.0. The summed E-state index contributed by atoms with van der Waals surface area (Å²) in [7, 11) is 1.73. The normalized spacial score (nSPS) is 18.1. The molecule has 0 saturated heterocycles. The van der Waals surface area contributed by atoms with Gasteiger partial charge < -0.3 is 14.7 Å². The van der Waals surface area contributed by atoms with Crippen molar-refractivity contribution in [2.75, 3.05) is 31.6 Å². The summed E-state index contributed by atoms with van der Waals surface area (Å²) >= 11 is 0. The first-order valence-corrected chi connectivity index (χ1v) is 8.18. The van der Waals surface area contributed by atoms with Crippen LogP contribution in [0.2, 0.25) is 0 Å². The molecule has 1 heterocycles. The molecular weight excluding hydrogens is 304 g/mol. The molecule has 130 valence electrons. The molecule has 1 aromatic carbocycles. The van der Waals surface area contributed by atoms with Crippen molar-refractivity contribution in [1.82, 2.24) is 4.90 Å². The van der Waals surface area contributed by atoms with E-state index in [-0.39, 0.29) is 5.91 Å². The van der Waals surface area contributed by atoms with Crippen LogP contribution in [0.25, 0.3) is 0 Å². The second kappa shape index (κ2) is 8.13. The molecule has 24 heavy (non-hydrogen) atoms. The molecule has 0 radical (unpaired) electrons. The topological polar surface area (TPSA) is 53.0 Å². The van der Waals surface area contributed by atoms with Crippen LogP contribution in [0.15, 0.2) is 43.5 Å². The van der Waals surface area contributed by atoms with Crippen molar-refractivity contribution in [3.05, 3.63) is 49.1 Å². The van der Waals surface area contributed by atoms with Gasteiger partial charge in [-0.25, -0.2) is 0 Å². The second-order valence-corrected chi connectivity index (χ2v) is 6.03. The van der Waals surface area contributed by atoms with Crippen LogP contribution in [0.3, 0.4) is 0 Å². The minimum atomic E-state index is -0.602. The van der Waals surface area contributed by atoms with Crippen LogP contribution in [0.4, 0.5) is 5.69 Å². The summed E-state index contributed by atoms with van der Waals surface area (Å²) in [4.78, 5) is 15.8. The molecule has 1 aromatic rings. The Kier molecular flexibility index (Phi) is 6.17. The van der Waals surface area contributed by atoms with Crippen LogP contribution >= 0.6 is 0 Å². The first kappa shape index (κ1) is 18.2. The largest absolute Gasteiger partial charge is 0.479 e. The molecule has 2 atom stereocenters. The maximum Gasteiger partial charge on any atom is 0.267 e. The number of likely N-dealkylation sites (N-methyl/N-ethyl adjacent to an activating group) is 1. The summed E-state index contributed by atoms with van der Waals surface area (Å²) in [5.41, 5.74) is 1.48. The third-order valence-corrected chi connectivity index (χ3v) is 4.20. The Morgan fingerprint density at radius 3 is 2.67 bits per heavy atom. The number of hydrogen-bond acceptors (Lipinski definition) is 4. The number of aliphatic hydroxyl groups is 1. The number of carbonyl (C=O) groups is 1. The minimum Gasteiger partial charge on any atom is -0.479 e. The standard InChI is InChI=1S/C19H26N2O3/c1-5-10-21(11-6-2)12-9-17(22)15-7-8-18-16(13-15)20(4)19(23)14(3)24-18/h5-8,13-14,17,22H,1-2,9-12H2,3-4H3. The average Bonchev–Trinajstić information content (AvgIpc) is 2.57. The Balaban J connectivity index is 2.08. The lowest BCUT2D eigenvalue weighted by Gasteiger charge is -2.31. The highest BCUT2D eigenvalue weighted by atomic mass is 16.5. The van der Waals surface area contributed by atoms with Crippen molar-refractivity contribution in [3.63, 3.8) is 0 Å². The number of benzene rings is 1. The van der Waals surface area contributed by atoms with Gasteiger partial charge in [0, 0.05) is 26.7 Å². The summed E-state index contributed by atoms with van der Waals surface area (Å²) in [5.74, 6) is 0.581. The summed E-state index contributed by atoms with van der Waals surface area (Å²) in [5, 5.41) is 10.5. The molecule has 2 rings (SSSR count). The highest BCUT2D eigenvalue weighted by Gasteiger charge is 2.29. The molecule has 0 fully saturated rings. The number of aliphatic hydroxyl groups excluding tert-OH is 1. The zero-order chi connectivity index (χ0) is 17.7. The van der Waals surface area contributed by atoms with E-state index in [9.17, 15) is 9.90 Å². The molecule has 0 bridgehead atoms. The zero-order valence-electron chi connectivity index (χ0n) is 14.4. The van der Waals surface area contributed by atoms with E-state index in [1.165, 1.54) is 0 Å². The third kappa shape index (κ3) is 4.04. The lowest BCUT2D eigenvalue weighted by Crippen LogP contribution is -2.42. The van der Waals surface area contributed by atoms with Crippen molar-refractivity contribution in [2.24, 2.45) is 0 Å². The third-order valence-electron chi connectivity index (χ3n) is 4.20. The summed E-state index contributed by atoms with van der Waals surface area (Å²) in [6.45, 7) is 11.5. The van der Waals surface area contributed by atoms with Crippen molar-refractivity contribution >= 4 is 11.6 Å². The Labute approximate surface area is 143 Å². The maximum absolute atomic E-state index is 12.0. The van der Waals surface area contributed by atoms with Crippen molar-refractivity contribution < 1.29 is 14.6 Å². The van der Waals surface area contributed by atoms with Gasteiger partial charge in [-0.2, -0.15) is 0 Å². The van der Waals surface area contributed by atoms with Crippen molar-refractivity contribution in [1.29, 1.82) is 0 Å². The van der Waals surface area contributed by atoms with E-state index >= 15 is 0 Å². The van der Waals surface area contributed by atoms with Crippen LogP contribution in [-0.4, -0.2) is 48.7 Å². The van der Waals surface area contributed by atoms with Crippen LogP contribution < -0.4 is 9.64 Å². The second-order valence-electron chi connectivity index (χ2n) is 6.03. The monoisotopic (exact) mass is 330 g/mol. The Morgan fingerprint density at radius 2 is 2.04 bits per heavy atom. The fourth-order valence-corrected chi connectivity index (χ4v) is 2.83. The van der Waals surface area contributed by atoms with Crippen LogP contribution in [0.1, 0.15) is 25.0 Å². The number of amides is 1. The van der Waals surface area contributed by atoms with Gasteiger partial charge in [0.05, 0.1) is 11.8 Å². The van der Waals surface area contributed by atoms with E-state index in [0.29, 0.717) is 17.9 Å². The summed E-state index contributed by atoms with van der Waals surface area (Å²) < 4.78 is 5.61. The van der Waals surface area contributed by atoms with E-state index < -0.39 is 12.2 Å². The SMILES string of the molecule is C=CCN(CC=C)CCC(O)c1ccc2c(c1)N(C)C(=O)C(C)O2. The van der Waals surface area contributed by atoms with E-state index in [1.54, 1.807) is 18.9 Å². The number of fused-ring (bicyclic) bond motifs is 1. The molecule has 0 spiro atoms. The fraction of sp³-hybridized carbons (Fsp3) is 0.421. The molecule has 2 unspecified atom stereocenters. The van der Waals surface area contributed by atoms with Gasteiger partial charge in [-0.05, 0) is 31.0 Å². The fourth-order valence-electron chi connectivity index (χ4n) is 2.83. The zero-order valence-corrected chi connectivity index (χ0v) is 14.4. The number of carbonyl (C=O) groups excluding carboxylic acids is 1. The number of ether oxygens (including phenoxy) is 1. The Bertz CT molecular complexity index is 605. The van der Waals surface area contributed by atoms with E-state index in [2.05, 4.69) is 18.1 Å². The van der Waals surface area contributed by atoms with Gasteiger partial charge in [-0.1, -0.05) is 18.2 Å². The first-order valence-electron chi connectivity index (χ1n) is 8.18.